The molecule has 3 heterocycles. The number of aromatic nitrogens is 1. The summed E-state index contributed by atoms with van der Waals surface area (Å²) < 4.78 is 48.5. The molecule has 0 saturated carbocycles. The molecular weight excluding hydrogens is 401 g/mol. The third-order valence-corrected chi connectivity index (χ3v) is 5.41. The Morgan fingerprint density at radius 3 is 2.30 bits per heavy atom. The molecule has 0 spiro atoms. The van der Waals surface area contributed by atoms with E-state index in [0.29, 0.717) is 31.5 Å². The molecule has 1 aromatic carbocycles. The lowest BCUT2D eigenvalue weighted by Crippen LogP contribution is -2.46. The number of benzene rings is 1. The maximum absolute atomic E-state index is 12.7. The molecule has 2 aliphatic rings. The van der Waals surface area contributed by atoms with E-state index in [-0.39, 0.29) is 31.0 Å². The summed E-state index contributed by atoms with van der Waals surface area (Å²) in [6.45, 7) is 1.47. The van der Waals surface area contributed by atoms with Crippen LogP contribution in [0.3, 0.4) is 0 Å². The Hall–Kier alpha value is -2.65. The van der Waals surface area contributed by atoms with Gasteiger partial charge in [-0.25, -0.2) is 4.98 Å². The molecule has 1 amide bonds. The molecule has 2 saturated heterocycles. The van der Waals surface area contributed by atoms with Crippen molar-refractivity contribution in [2.45, 2.75) is 30.7 Å². The Morgan fingerprint density at radius 1 is 1.13 bits per heavy atom. The van der Waals surface area contributed by atoms with E-state index in [1.807, 2.05) is 0 Å². The maximum atomic E-state index is 12.7. The van der Waals surface area contributed by atoms with Gasteiger partial charge in [-0.2, -0.15) is 13.2 Å². The first-order chi connectivity index (χ1) is 14.2. The molecule has 2 fully saturated rings. The molecule has 6 nitrogen and oxygen atoms in total. The number of amides is 1. The summed E-state index contributed by atoms with van der Waals surface area (Å²) in [4.78, 5) is 17.8. The number of rotatable bonds is 4. The fourth-order valence-corrected chi connectivity index (χ4v) is 3.55. The van der Waals surface area contributed by atoms with Gasteiger partial charge in [0.05, 0.1) is 19.4 Å². The predicted molar refractivity (Wildman–Crippen MR) is 100.0 cm³/mol. The number of pyridine rings is 1. The smallest absolute Gasteiger partial charge is 0.433 e. The van der Waals surface area contributed by atoms with Crippen molar-refractivity contribution in [3.05, 3.63) is 59.4 Å². The number of hydrogen-bond donors (Lipinski definition) is 1. The molecule has 0 radical (unpaired) electrons. The zero-order valence-corrected chi connectivity index (χ0v) is 16.1. The van der Waals surface area contributed by atoms with Crippen molar-refractivity contribution < 1.29 is 32.5 Å². The average Bonchev–Trinajstić information content (AvgIpc) is 2.72. The number of carbonyl (C=O) groups excluding carboxylic acids is 1. The lowest BCUT2D eigenvalue weighted by molar-refractivity contribution is -0.184. The summed E-state index contributed by atoms with van der Waals surface area (Å²) in [5, 5.41) is 10.3. The molecule has 0 unspecified atom stereocenters. The average molecular weight is 422 g/mol. The second-order valence-corrected chi connectivity index (χ2v) is 7.59. The normalized spacial score (nSPS) is 19.3. The number of halogens is 3. The first kappa shape index (κ1) is 20.6. The van der Waals surface area contributed by atoms with Gasteiger partial charge in [-0.3, -0.25) is 4.79 Å². The van der Waals surface area contributed by atoms with Crippen LogP contribution in [0, 0.1) is 0 Å². The van der Waals surface area contributed by atoms with Gasteiger partial charge in [0, 0.05) is 31.5 Å². The van der Waals surface area contributed by atoms with Crippen molar-refractivity contribution in [3.63, 3.8) is 0 Å². The number of hydrogen-bond acceptors (Lipinski definition) is 5. The molecule has 30 heavy (non-hydrogen) atoms. The van der Waals surface area contributed by atoms with Gasteiger partial charge >= 0.3 is 6.18 Å². The summed E-state index contributed by atoms with van der Waals surface area (Å²) in [6, 6.07) is 9.03. The highest BCUT2D eigenvalue weighted by Crippen LogP contribution is 2.30. The van der Waals surface area contributed by atoms with Crippen LogP contribution in [-0.4, -0.2) is 53.3 Å². The quantitative estimate of drug-likeness (QED) is 0.820. The fraction of sp³-hybridized carbons (Fsp3) is 0.429. The van der Waals surface area contributed by atoms with Crippen LogP contribution < -0.4 is 4.74 Å². The van der Waals surface area contributed by atoms with E-state index >= 15 is 0 Å². The molecule has 4 rings (SSSR count). The number of ether oxygens (including phenoxy) is 2. The third-order valence-electron chi connectivity index (χ3n) is 5.41. The van der Waals surface area contributed by atoms with Gasteiger partial charge in [0.2, 0.25) is 0 Å². The van der Waals surface area contributed by atoms with Crippen LogP contribution >= 0.6 is 0 Å². The molecule has 1 N–H and O–H groups in total. The first-order valence-electron chi connectivity index (χ1n) is 9.64. The molecule has 0 aliphatic carbocycles. The van der Waals surface area contributed by atoms with E-state index < -0.39 is 17.5 Å². The maximum Gasteiger partial charge on any atom is 0.433 e. The number of carbonyl (C=O) groups is 1. The van der Waals surface area contributed by atoms with Crippen LogP contribution in [0.15, 0.2) is 42.6 Å². The van der Waals surface area contributed by atoms with Crippen LogP contribution in [0.5, 0.6) is 5.75 Å². The summed E-state index contributed by atoms with van der Waals surface area (Å²) in [5.41, 5.74) is -0.667. The van der Waals surface area contributed by atoms with Gasteiger partial charge in [-0.05, 0) is 29.8 Å². The van der Waals surface area contributed by atoms with Gasteiger partial charge in [0.15, 0.2) is 0 Å². The zero-order valence-electron chi connectivity index (χ0n) is 16.1. The Labute approximate surface area is 171 Å². The van der Waals surface area contributed by atoms with Crippen molar-refractivity contribution in [1.82, 2.24) is 9.88 Å². The molecule has 2 aromatic rings. The Bertz CT molecular complexity index is 888. The molecule has 160 valence electrons. The van der Waals surface area contributed by atoms with Crippen LogP contribution in [-0.2, 0) is 16.5 Å². The molecule has 1 aromatic heterocycles. The Morgan fingerprint density at radius 2 is 1.80 bits per heavy atom. The highest BCUT2D eigenvalue weighted by molar-refractivity contribution is 5.94. The predicted octanol–water partition coefficient (Wildman–Crippen LogP) is 3.00. The standard InChI is InChI=1S/C21H21F3N2O4/c22-21(23,24)18-6-5-17(11-25-18)30-16-7-9-26(10-8-16)19(27)14-1-3-15(4-2-14)20(28)12-29-13-20/h1-6,11,16,28H,7-10,12-13H2. The zero-order chi connectivity index (χ0) is 21.4. The van der Waals surface area contributed by atoms with E-state index in [4.69, 9.17) is 9.47 Å². The van der Waals surface area contributed by atoms with E-state index in [1.54, 1.807) is 29.2 Å². The molecule has 9 heteroatoms. The Kier molecular flexibility index (Phi) is 5.42. The van der Waals surface area contributed by atoms with E-state index in [1.165, 1.54) is 6.07 Å². The molecular formula is C21H21F3N2O4. The highest BCUT2D eigenvalue weighted by Gasteiger charge is 2.38. The number of alkyl halides is 3. The van der Waals surface area contributed by atoms with Crippen molar-refractivity contribution in [1.29, 1.82) is 0 Å². The minimum absolute atomic E-state index is 0.104. The SMILES string of the molecule is O=C(c1ccc(C2(O)COC2)cc1)N1CCC(Oc2ccc(C(F)(F)F)nc2)CC1. The van der Waals surface area contributed by atoms with E-state index in [2.05, 4.69) is 4.98 Å². The van der Waals surface area contributed by atoms with E-state index in [0.717, 1.165) is 17.8 Å². The number of likely N-dealkylation sites (tertiary alicyclic amines) is 1. The van der Waals surface area contributed by atoms with Crippen LogP contribution in [0.2, 0.25) is 0 Å². The fourth-order valence-electron chi connectivity index (χ4n) is 3.55. The summed E-state index contributed by atoms with van der Waals surface area (Å²) in [5.74, 6) is 0.175. The van der Waals surface area contributed by atoms with Gasteiger partial charge in [0.1, 0.15) is 23.1 Å². The monoisotopic (exact) mass is 422 g/mol. The van der Waals surface area contributed by atoms with E-state index in [9.17, 15) is 23.1 Å². The lowest BCUT2D eigenvalue weighted by atomic mass is 9.91. The minimum atomic E-state index is -4.48. The van der Waals surface area contributed by atoms with Crippen molar-refractivity contribution in [2.24, 2.45) is 0 Å². The third kappa shape index (κ3) is 4.27. The molecule has 2 aliphatic heterocycles. The highest BCUT2D eigenvalue weighted by atomic mass is 19.4. The topological polar surface area (TPSA) is 71.9 Å². The lowest BCUT2D eigenvalue weighted by Gasteiger charge is -2.37. The minimum Gasteiger partial charge on any atom is -0.489 e. The van der Waals surface area contributed by atoms with Crippen molar-refractivity contribution in [2.75, 3.05) is 26.3 Å². The van der Waals surface area contributed by atoms with Gasteiger partial charge in [-0.1, -0.05) is 12.1 Å². The van der Waals surface area contributed by atoms with Gasteiger partial charge < -0.3 is 19.5 Å². The number of piperidine rings is 1. The van der Waals surface area contributed by atoms with Gasteiger partial charge in [0.25, 0.3) is 5.91 Å². The summed E-state index contributed by atoms with van der Waals surface area (Å²) in [7, 11) is 0. The number of aliphatic hydroxyl groups is 1. The van der Waals surface area contributed by atoms with Crippen molar-refractivity contribution >= 4 is 5.91 Å². The molecule has 0 bridgehead atoms. The van der Waals surface area contributed by atoms with Crippen molar-refractivity contribution in [3.8, 4) is 5.75 Å². The molecule has 0 atom stereocenters. The second-order valence-electron chi connectivity index (χ2n) is 7.59. The van der Waals surface area contributed by atoms with Crippen LogP contribution in [0.1, 0.15) is 34.5 Å². The second kappa shape index (κ2) is 7.88. The summed E-state index contributed by atoms with van der Waals surface area (Å²) in [6.07, 6.45) is -2.46. The van der Waals surface area contributed by atoms with Crippen LogP contribution in [0.25, 0.3) is 0 Å². The van der Waals surface area contributed by atoms with Crippen LogP contribution in [0.4, 0.5) is 13.2 Å². The first-order valence-corrected chi connectivity index (χ1v) is 9.64. The largest absolute Gasteiger partial charge is 0.489 e. The Balaban J connectivity index is 1.30. The summed E-state index contributed by atoms with van der Waals surface area (Å²) >= 11 is 0. The number of nitrogens with zero attached hydrogens (tertiary/aromatic N) is 2. The van der Waals surface area contributed by atoms with Gasteiger partial charge in [-0.15, -0.1) is 0 Å².